The van der Waals surface area contributed by atoms with Crippen molar-refractivity contribution in [1.82, 2.24) is 10.0 Å². The first-order valence-corrected chi connectivity index (χ1v) is 5.73. The predicted molar refractivity (Wildman–Crippen MR) is 62.8 cm³/mol. The number of aliphatic hydroxyl groups excluding tert-OH is 4. The maximum atomic E-state index is 8.77. The molecule has 0 unspecified atom stereocenters. The molecule has 0 rings (SSSR count). The van der Waals surface area contributed by atoms with Crippen LogP contribution in [0.3, 0.4) is 0 Å². The zero-order chi connectivity index (χ0) is 12.8. The summed E-state index contributed by atoms with van der Waals surface area (Å²) in [5, 5.41) is 38.5. The SMILES string of the molecule is CC.OCCN(CCO)N(CCO)CCO. The zero-order valence-electron chi connectivity index (χ0n) is 10.3. The highest BCUT2D eigenvalue weighted by Crippen LogP contribution is 1.96. The van der Waals surface area contributed by atoms with Gasteiger partial charge in [-0.05, 0) is 0 Å². The monoisotopic (exact) mass is 238 g/mol. The molecule has 6 heteroatoms. The van der Waals surface area contributed by atoms with Gasteiger partial charge in [0.1, 0.15) is 0 Å². The summed E-state index contributed by atoms with van der Waals surface area (Å²) in [6.45, 7) is 5.48. The van der Waals surface area contributed by atoms with E-state index in [9.17, 15) is 0 Å². The van der Waals surface area contributed by atoms with Gasteiger partial charge >= 0.3 is 0 Å². The predicted octanol–water partition coefficient (Wildman–Crippen LogP) is -1.50. The van der Waals surface area contributed by atoms with Gasteiger partial charge in [-0.3, -0.25) is 0 Å². The largest absolute Gasteiger partial charge is 0.395 e. The molecule has 0 heterocycles. The van der Waals surface area contributed by atoms with Crippen LogP contribution >= 0.6 is 0 Å². The van der Waals surface area contributed by atoms with Gasteiger partial charge in [-0.15, -0.1) is 0 Å². The molecule has 0 spiro atoms. The molecule has 0 saturated carbocycles. The van der Waals surface area contributed by atoms with Crippen molar-refractivity contribution in [1.29, 1.82) is 0 Å². The average Bonchev–Trinajstić information content (AvgIpc) is 2.31. The van der Waals surface area contributed by atoms with Crippen LogP contribution in [0.15, 0.2) is 0 Å². The Hall–Kier alpha value is -0.240. The minimum absolute atomic E-state index is 0.0205. The molecule has 0 aromatic rings. The van der Waals surface area contributed by atoms with Crippen LogP contribution in [0.5, 0.6) is 0 Å². The lowest BCUT2D eigenvalue weighted by molar-refractivity contribution is -0.0604. The minimum atomic E-state index is -0.0205. The fourth-order valence-corrected chi connectivity index (χ4v) is 1.25. The molecule has 0 aromatic heterocycles. The van der Waals surface area contributed by atoms with Crippen molar-refractivity contribution in [3.63, 3.8) is 0 Å². The standard InChI is InChI=1S/C8H20N2O4.C2H6/c11-5-1-9(2-6-12)10(3-7-13)4-8-14;1-2/h11-14H,1-8H2;1-2H3. The van der Waals surface area contributed by atoms with Crippen molar-refractivity contribution in [2.24, 2.45) is 0 Å². The Morgan fingerprint density at radius 3 is 0.875 bits per heavy atom. The fraction of sp³-hybridized carbons (Fsp3) is 1.00. The molecular formula is C10H26N2O4. The smallest absolute Gasteiger partial charge is 0.0572 e. The van der Waals surface area contributed by atoms with E-state index in [2.05, 4.69) is 0 Å². The van der Waals surface area contributed by atoms with Crippen LogP contribution < -0.4 is 0 Å². The van der Waals surface area contributed by atoms with Crippen molar-refractivity contribution >= 4 is 0 Å². The first kappa shape index (κ1) is 18.1. The van der Waals surface area contributed by atoms with E-state index in [-0.39, 0.29) is 26.4 Å². The van der Waals surface area contributed by atoms with Crippen molar-refractivity contribution in [2.75, 3.05) is 52.6 Å². The second kappa shape index (κ2) is 14.8. The van der Waals surface area contributed by atoms with E-state index in [0.29, 0.717) is 26.2 Å². The zero-order valence-corrected chi connectivity index (χ0v) is 10.3. The summed E-state index contributed by atoms with van der Waals surface area (Å²) in [6.07, 6.45) is 0. The Kier molecular flexibility index (Phi) is 16.7. The van der Waals surface area contributed by atoms with E-state index in [1.807, 2.05) is 13.8 Å². The van der Waals surface area contributed by atoms with Crippen LogP contribution in [0.25, 0.3) is 0 Å². The van der Waals surface area contributed by atoms with Gasteiger partial charge in [0.05, 0.1) is 26.4 Å². The van der Waals surface area contributed by atoms with E-state index >= 15 is 0 Å². The number of rotatable bonds is 9. The normalized spacial score (nSPS) is 10.5. The van der Waals surface area contributed by atoms with Crippen LogP contribution in [-0.2, 0) is 0 Å². The molecule has 0 aliphatic rings. The molecule has 0 aliphatic carbocycles. The van der Waals surface area contributed by atoms with Gasteiger partial charge in [-0.2, -0.15) is 0 Å². The lowest BCUT2D eigenvalue weighted by Crippen LogP contribution is -2.48. The minimum Gasteiger partial charge on any atom is -0.395 e. The first-order chi connectivity index (χ1) is 7.79. The summed E-state index contributed by atoms with van der Waals surface area (Å²) in [7, 11) is 0. The molecule has 0 aliphatic heterocycles. The average molecular weight is 238 g/mol. The number of hydrazine groups is 1. The first-order valence-electron chi connectivity index (χ1n) is 5.73. The van der Waals surface area contributed by atoms with Gasteiger partial charge < -0.3 is 20.4 Å². The highest BCUT2D eigenvalue weighted by atomic mass is 16.3. The van der Waals surface area contributed by atoms with Gasteiger partial charge in [-0.1, -0.05) is 13.8 Å². The molecule has 0 bridgehead atoms. The van der Waals surface area contributed by atoms with Crippen LogP contribution in [0, 0.1) is 0 Å². The second-order valence-corrected chi connectivity index (χ2v) is 2.80. The fourth-order valence-electron chi connectivity index (χ4n) is 1.25. The molecular weight excluding hydrogens is 212 g/mol. The van der Waals surface area contributed by atoms with Crippen LogP contribution in [-0.4, -0.2) is 83.1 Å². The Morgan fingerprint density at radius 2 is 0.750 bits per heavy atom. The molecule has 16 heavy (non-hydrogen) atoms. The third kappa shape index (κ3) is 9.02. The quantitative estimate of drug-likeness (QED) is 0.366. The topological polar surface area (TPSA) is 87.4 Å². The maximum Gasteiger partial charge on any atom is 0.0572 e. The van der Waals surface area contributed by atoms with Crippen LogP contribution in [0.4, 0.5) is 0 Å². The van der Waals surface area contributed by atoms with Crippen molar-refractivity contribution < 1.29 is 20.4 Å². The number of aliphatic hydroxyl groups is 4. The van der Waals surface area contributed by atoms with Crippen LogP contribution in [0.2, 0.25) is 0 Å². The highest BCUT2D eigenvalue weighted by Gasteiger charge is 2.12. The molecule has 0 saturated heterocycles. The molecule has 100 valence electrons. The summed E-state index contributed by atoms with van der Waals surface area (Å²) in [6, 6.07) is 0. The lowest BCUT2D eigenvalue weighted by atomic mass is 10.5. The van der Waals surface area contributed by atoms with Gasteiger partial charge in [-0.25, -0.2) is 10.0 Å². The second-order valence-electron chi connectivity index (χ2n) is 2.80. The summed E-state index contributed by atoms with van der Waals surface area (Å²) in [5.41, 5.74) is 0. The summed E-state index contributed by atoms with van der Waals surface area (Å²) < 4.78 is 0. The van der Waals surface area contributed by atoms with E-state index in [4.69, 9.17) is 20.4 Å². The Bertz CT molecular complexity index is 101. The van der Waals surface area contributed by atoms with Gasteiger partial charge in [0.25, 0.3) is 0 Å². The molecule has 0 aromatic carbocycles. The van der Waals surface area contributed by atoms with Crippen molar-refractivity contribution in [3.05, 3.63) is 0 Å². The summed E-state index contributed by atoms with van der Waals surface area (Å²) in [5.74, 6) is 0. The van der Waals surface area contributed by atoms with Crippen molar-refractivity contribution in [2.45, 2.75) is 13.8 Å². The van der Waals surface area contributed by atoms with Gasteiger partial charge in [0, 0.05) is 26.2 Å². The summed E-state index contributed by atoms with van der Waals surface area (Å²) in [4.78, 5) is 0. The van der Waals surface area contributed by atoms with Gasteiger partial charge in [0.15, 0.2) is 0 Å². The molecule has 0 atom stereocenters. The van der Waals surface area contributed by atoms with Gasteiger partial charge in [0.2, 0.25) is 0 Å². The molecule has 4 N–H and O–H groups in total. The molecule has 0 radical (unpaired) electrons. The Morgan fingerprint density at radius 1 is 0.562 bits per heavy atom. The third-order valence-corrected chi connectivity index (χ3v) is 1.83. The number of hydrogen-bond donors (Lipinski definition) is 4. The summed E-state index contributed by atoms with van der Waals surface area (Å²) >= 11 is 0. The number of hydrogen-bond acceptors (Lipinski definition) is 6. The maximum absolute atomic E-state index is 8.77. The Balaban J connectivity index is 0. The van der Waals surface area contributed by atoms with E-state index < -0.39 is 0 Å². The Labute approximate surface area is 97.7 Å². The van der Waals surface area contributed by atoms with Crippen LogP contribution in [0.1, 0.15) is 13.8 Å². The van der Waals surface area contributed by atoms with E-state index in [0.717, 1.165) is 0 Å². The molecule has 6 nitrogen and oxygen atoms in total. The molecule has 0 amide bonds. The molecule has 0 fully saturated rings. The highest BCUT2D eigenvalue weighted by molar-refractivity contribution is 4.57. The van der Waals surface area contributed by atoms with E-state index in [1.54, 1.807) is 10.0 Å². The lowest BCUT2D eigenvalue weighted by Gasteiger charge is -2.33. The van der Waals surface area contributed by atoms with E-state index in [1.165, 1.54) is 0 Å². The third-order valence-electron chi connectivity index (χ3n) is 1.83. The number of nitrogens with zero attached hydrogens (tertiary/aromatic N) is 2. The van der Waals surface area contributed by atoms with Crippen molar-refractivity contribution in [3.8, 4) is 0 Å².